The number of nitro benzene ring substituents is 1. The Labute approximate surface area is 155 Å². The number of nitro groups is 1. The summed E-state index contributed by atoms with van der Waals surface area (Å²) in [6.07, 6.45) is 5.47. The third-order valence-corrected chi connectivity index (χ3v) is 4.05. The van der Waals surface area contributed by atoms with E-state index in [4.69, 9.17) is 0 Å². The maximum atomic E-state index is 12.0. The van der Waals surface area contributed by atoms with Crippen molar-refractivity contribution < 1.29 is 9.72 Å². The predicted octanol–water partition coefficient (Wildman–Crippen LogP) is 3.43. The lowest BCUT2D eigenvalue weighted by atomic mass is 10.1. The van der Waals surface area contributed by atoms with Gasteiger partial charge in [0.15, 0.2) is 0 Å². The van der Waals surface area contributed by atoms with Gasteiger partial charge in [-0.15, -0.1) is 6.58 Å². The van der Waals surface area contributed by atoms with Crippen LogP contribution < -0.4 is 5.43 Å². The van der Waals surface area contributed by atoms with Crippen LogP contribution in [0.25, 0.3) is 10.9 Å². The van der Waals surface area contributed by atoms with E-state index in [1.54, 1.807) is 18.3 Å². The van der Waals surface area contributed by atoms with Gasteiger partial charge in [0.2, 0.25) is 5.91 Å². The molecule has 3 aromatic rings. The minimum Gasteiger partial charge on any atom is -0.343 e. The SMILES string of the molecule is C=CCn1cc(/C=N/NC(=O)Cc2ccc([N+](=O)[O-])cc2)c2ccccc21. The molecular weight excluding hydrogens is 344 g/mol. The number of allylic oxidation sites excluding steroid dienone is 1. The number of benzene rings is 2. The van der Waals surface area contributed by atoms with E-state index in [2.05, 4.69) is 21.7 Å². The Kier molecular flexibility index (Phi) is 5.41. The van der Waals surface area contributed by atoms with Gasteiger partial charge in [0.05, 0.1) is 17.6 Å². The van der Waals surface area contributed by atoms with Crippen molar-refractivity contribution in [3.05, 3.63) is 88.6 Å². The lowest BCUT2D eigenvalue weighted by molar-refractivity contribution is -0.384. The number of nitrogens with zero attached hydrogens (tertiary/aromatic N) is 3. The molecule has 0 aliphatic carbocycles. The lowest BCUT2D eigenvalue weighted by Crippen LogP contribution is -2.19. The molecule has 0 saturated heterocycles. The molecule has 1 aromatic heterocycles. The van der Waals surface area contributed by atoms with Crippen LogP contribution in [0.1, 0.15) is 11.1 Å². The molecule has 1 N–H and O–H groups in total. The Balaban J connectivity index is 1.66. The Morgan fingerprint density at radius 1 is 1.22 bits per heavy atom. The smallest absolute Gasteiger partial charge is 0.269 e. The molecule has 7 heteroatoms. The normalized spacial score (nSPS) is 11.0. The Hall–Kier alpha value is -3.74. The third kappa shape index (κ3) is 4.27. The summed E-state index contributed by atoms with van der Waals surface area (Å²) >= 11 is 0. The number of carbonyl (C=O) groups is 1. The van der Waals surface area contributed by atoms with E-state index in [-0.39, 0.29) is 18.0 Å². The Morgan fingerprint density at radius 3 is 2.67 bits per heavy atom. The maximum absolute atomic E-state index is 12.0. The molecule has 0 atom stereocenters. The summed E-state index contributed by atoms with van der Waals surface area (Å²) in [6, 6.07) is 13.8. The van der Waals surface area contributed by atoms with Gasteiger partial charge < -0.3 is 4.57 Å². The van der Waals surface area contributed by atoms with Gasteiger partial charge in [-0.1, -0.05) is 36.4 Å². The van der Waals surface area contributed by atoms with Crippen LogP contribution in [0, 0.1) is 10.1 Å². The van der Waals surface area contributed by atoms with Crippen LogP contribution in [0.15, 0.2) is 72.5 Å². The summed E-state index contributed by atoms with van der Waals surface area (Å²) in [5.74, 6) is -0.296. The average molecular weight is 362 g/mol. The van der Waals surface area contributed by atoms with Crippen molar-refractivity contribution in [3.63, 3.8) is 0 Å². The number of amides is 1. The van der Waals surface area contributed by atoms with Gasteiger partial charge in [0, 0.05) is 41.3 Å². The van der Waals surface area contributed by atoms with Crippen molar-refractivity contribution in [3.8, 4) is 0 Å². The van der Waals surface area contributed by atoms with E-state index < -0.39 is 4.92 Å². The number of nitrogens with one attached hydrogen (secondary N) is 1. The number of non-ortho nitro benzene ring substituents is 1. The highest BCUT2D eigenvalue weighted by Gasteiger charge is 2.08. The molecule has 27 heavy (non-hydrogen) atoms. The predicted molar refractivity (Wildman–Crippen MR) is 105 cm³/mol. The Bertz CT molecular complexity index is 1020. The Morgan fingerprint density at radius 2 is 1.96 bits per heavy atom. The quantitative estimate of drug-likeness (QED) is 0.302. The van der Waals surface area contributed by atoms with E-state index in [1.807, 2.05) is 36.5 Å². The van der Waals surface area contributed by atoms with E-state index in [0.717, 1.165) is 16.5 Å². The topological polar surface area (TPSA) is 89.5 Å². The second kappa shape index (κ2) is 8.09. The molecule has 1 amide bonds. The van der Waals surface area contributed by atoms with Crippen LogP contribution >= 0.6 is 0 Å². The number of aromatic nitrogens is 1. The van der Waals surface area contributed by atoms with Crippen LogP contribution in [0.2, 0.25) is 0 Å². The summed E-state index contributed by atoms with van der Waals surface area (Å²) in [7, 11) is 0. The second-order valence-corrected chi connectivity index (χ2v) is 5.94. The number of hydrogen-bond acceptors (Lipinski definition) is 4. The number of hydrogen-bond donors (Lipinski definition) is 1. The van der Waals surface area contributed by atoms with E-state index in [9.17, 15) is 14.9 Å². The number of carbonyl (C=O) groups excluding carboxylic acids is 1. The first-order valence-electron chi connectivity index (χ1n) is 8.32. The zero-order valence-electron chi connectivity index (χ0n) is 14.5. The van der Waals surface area contributed by atoms with Crippen molar-refractivity contribution >= 4 is 28.7 Å². The summed E-state index contributed by atoms with van der Waals surface area (Å²) in [4.78, 5) is 22.2. The van der Waals surface area contributed by atoms with Gasteiger partial charge >= 0.3 is 0 Å². The first kappa shape index (κ1) is 18.1. The molecule has 0 fully saturated rings. The fraction of sp³-hybridized carbons (Fsp3) is 0.100. The zero-order valence-corrected chi connectivity index (χ0v) is 14.5. The zero-order chi connectivity index (χ0) is 19.2. The molecule has 0 unspecified atom stereocenters. The minimum atomic E-state index is -0.475. The first-order chi connectivity index (χ1) is 13.1. The van der Waals surface area contributed by atoms with Gasteiger partial charge in [-0.25, -0.2) is 5.43 Å². The number of fused-ring (bicyclic) bond motifs is 1. The van der Waals surface area contributed by atoms with Crippen LogP contribution in [0.3, 0.4) is 0 Å². The number of rotatable bonds is 7. The highest BCUT2D eigenvalue weighted by molar-refractivity contribution is 5.99. The average Bonchev–Trinajstić information content (AvgIpc) is 3.00. The monoisotopic (exact) mass is 362 g/mol. The molecule has 3 rings (SSSR count). The van der Waals surface area contributed by atoms with Gasteiger partial charge in [0.1, 0.15) is 0 Å². The van der Waals surface area contributed by atoms with Crippen LogP contribution in [-0.4, -0.2) is 21.6 Å². The molecule has 1 heterocycles. The largest absolute Gasteiger partial charge is 0.343 e. The third-order valence-electron chi connectivity index (χ3n) is 4.05. The summed E-state index contributed by atoms with van der Waals surface area (Å²) in [5, 5.41) is 15.7. The summed E-state index contributed by atoms with van der Waals surface area (Å²) in [6.45, 7) is 4.44. The standard InChI is InChI=1S/C20H18N4O3/c1-2-11-23-14-16(18-5-3-4-6-19(18)23)13-21-22-20(25)12-15-7-9-17(10-8-15)24(26)27/h2-10,13-14H,1,11-12H2,(H,22,25)/b21-13+. The molecule has 2 aromatic carbocycles. The highest BCUT2D eigenvalue weighted by atomic mass is 16.6. The summed E-state index contributed by atoms with van der Waals surface area (Å²) < 4.78 is 2.06. The van der Waals surface area contributed by atoms with Crippen LogP contribution in [0.5, 0.6) is 0 Å². The molecule has 136 valence electrons. The molecule has 0 radical (unpaired) electrons. The van der Waals surface area contributed by atoms with Gasteiger partial charge in [0.25, 0.3) is 5.69 Å². The fourth-order valence-corrected chi connectivity index (χ4v) is 2.80. The van der Waals surface area contributed by atoms with Gasteiger partial charge in [-0.2, -0.15) is 5.10 Å². The van der Waals surface area contributed by atoms with E-state index >= 15 is 0 Å². The van der Waals surface area contributed by atoms with Crippen molar-refractivity contribution in [1.82, 2.24) is 9.99 Å². The highest BCUT2D eigenvalue weighted by Crippen LogP contribution is 2.20. The van der Waals surface area contributed by atoms with Crippen molar-refractivity contribution in [2.45, 2.75) is 13.0 Å². The second-order valence-electron chi connectivity index (χ2n) is 5.94. The number of hydrazone groups is 1. The molecular formula is C20H18N4O3. The van der Waals surface area contributed by atoms with Crippen molar-refractivity contribution in [2.75, 3.05) is 0 Å². The summed E-state index contributed by atoms with van der Waals surface area (Å²) in [5.41, 5.74) is 5.12. The minimum absolute atomic E-state index is 0.00640. The molecule has 0 saturated carbocycles. The van der Waals surface area contributed by atoms with E-state index in [1.165, 1.54) is 12.1 Å². The first-order valence-corrected chi connectivity index (χ1v) is 8.32. The van der Waals surface area contributed by atoms with Crippen LogP contribution in [-0.2, 0) is 17.8 Å². The van der Waals surface area contributed by atoms with E-state index in [0.29, 0.717) is 12.1 Å². The fourth-order valence-electron chi connectivity index (χ4n) is 2.80. The number of para-hydroxylation sites is 1. The molecule has 0 spiro atoms. The maximum Gasteiger partial charge on any atom is 0.269 e. The van der Waals surface area contributed by atoms with Crippen molar-refractivity contribution in [2.24, 2.45) is 5.10 Å². The van der Waals surface area contributed by atoms with Gasteiger partial charge in [-0.05, 0) is 11.6 Å². The molecule has 0 aliphatic rings. The van der Waals surface area contributed by atoms with Gasteiger partial charge in [-0.3, -0.25) is 14.9 Å². The molecule has 0 aliphatic heterocycles. The van der Waals surface area contributed by atoms with Crippen LogP contribution in [0.4, 0.5) is 5.69 Å². The molecule has 0 bridgehead atoms. The molecule has 7 nitrogen and oxygen atoms in total. The van der Waals surface area contributed by atoms with Crippen molar-refractivity contribution in [1.29, 1.82) is 0 Å². The lowest BCUT2D eigenvalue weighted by Gasteiger charge is -2.00.